The number of hydrogen-bond donors (Lipinski definition) is 1. The molecular weight excluding hydrogens is 246 g/mol. The summed E-state index contributed by atoms with van der Waals surface area (Å²) in [5, 5.41) is 6.34. The maximum atomic E-state index is 5.34. The molecule has 0 amide bonds. The molecule has 1 aliphatic rings. The minimum atomic E-state index is 0.791. The smallest absolute Gasteiger partial charge is 0.189 e. The van der Waals surface area contributed by atoms with Crippen LogP contribution >= 0.6 is 11.3 Å². The molecule has 1 saturated heterocycles. The van der Waals surface area contributed by atoms with E-state index >= 15 is 0 Å². The van der Waals surface area contributed by atoms with Crippen LogP contribution in [0.5, 0.6) is 0 Å². The highest BCUT2D eigenvalue weighted by Crippen LogP contribution is 2.25. The summed E-state index contributed by atoms with van der Waals surface area (Å²) in [6, 6.07) is 10.1. The Hall–Kier alpha value is -1.59. The van der Waals surface area contributed by atoms with E-state index in [0.29, 0.717) is 0 Å². The van der Waals surface area contributed by atoms with Crippen molar-refractivity contribution in [3.8, 4) is 0 Å². The second-order valence-electron chi connectivity index (χ2n) is 4.10. The number of ether oxygens (including phenoxy) is 1. The zero-order valence-corrected chi connectivity index (χ0v) is 10.8. The standard InChI is InChI=1S/C13H15N3OS/c1-2-4-11(5-3-1)14-13-15-12(10-18-13)16-6-8-17-9-7-16/h1-5,10H,6-9H2,(H,14,15). The molecule has 4 nitrogen and oxygen atoms in total. The van der Waals surface area contributed by atoms with Crippen LogP contribution in [0.4, 0.5) is 16.6 Å². The van der Waals surface area contributed by atoms with E-state index in [2.05, 4.69) is 20.6 Å². The number of anilines is 3. The van der Waals surface area contributed by atoms with E-state index in [9.17, 15) is 0 Å². The SMILES string of the molecule is c1ccc(Nc2nc(N3CCOCC3)cs2)cc1. The van der Waals surface area contributed by atoms with Gasteiger partial charge in [0.15, 0.2) is 5.13 Å². The maximum Gasteiger partial charge on any atom is 0.189 e. The molecule has 0 unspecified atom stereocenters. The van der Waals surface area contributed by atoms with Gasteiger partial charge in [-0.2, -0.15) is 0 Å². The van der Waals surface area contributed by atoms with Crippen LogP contribution in [0.1, 0.15) is 0 Å². The highest BCUT2D eigenvalue weighted by atomic mass is 32.1. The first-order valence-corrected chi connectivity index (χ1v) is 6.90. The molecule has 0 spiro atoms. The van der Waals surface area contributed by atoms with Crippen molar-refractivity contribution in [2.75, 3.05) is 36.5 Å². The summed E-state index contributed by atoms with van der Waals surface area (Å²) >= 11 is 1.63. The van der Waals surface area contributed by atoms with E-state index in [1.165, 1.54) is 0 Å². The van der Waals surface area contributed by atoms with E-state index in [1.807, 2.05) is 30.3 Å². The van der Waals surface area contributed by atoms with Crippen LogP contribution in [0.2, 0.25) is 0 Å². The van der Waals surface area contributed by atoms with Crippen LogP contribution in [0.15, 0.2) is 35.7 Å². The Bertz CT molecular complexity index is 494. The molecule has 3 rings (SSSR count). The molecule has 1 N–H and O–H groups in total. The van der Waals surface area contributed by atoms with Crippen molar-refractivity contribution in [1.29, 1.82) is 0 Å². The minimum Gasteiger partial charge on any atom is -0.378 e. The Morgan fingerprint density at radius 2 is 1.94 bits per heavy atom. The topological polar surface area (TPSA) is 37.4 Å². The number of para-hydroxylation sites is 1. The van der Waals surface area contributed by atoms with E-state index in [-0.39, 0.29) is 0 Å². The van der Waals surface area contributed by atoms with Gasteiger partial charge in [-0.15, -0.1) is 11.3 Å². The number of aromatic nitrogens is 1. The van der Waals surface area contributed by atoms with Gasteiger partial charge in [0.2, 0.25) is 0 Å². The van der Waals surface area contributed by atoms with Crippen molar-refractivity contribution in [2.24, 2.45) is 0 Å². The van der Waals surface area contributed by atoms with Gasteiger partial charge in [0, 0.05) is 24.2 Å². The number of nitrogens with zero attached hydrogens (tertiary/aromatic N) is 2. The number of benzene rings is 1. The van der Waals surface area contributed by atoms with Crippen molar-refractivity contribution in [1.82, 2.24) is 4.98 Å². The van der Waals surface area contributed by atoms with Crippen LogP contribution in [-0.4, -0.2) is 31.3 Å². The average molecular weight is 261 g/mol. The summed E-state index contributed by atoms with van der Waals surface area (Å²) in [4.78, 5) is 6.87. The molecule has 2 aromatic rings. The molecule has 0 atom stereocenters. The predicted molar refractivity (Wildman–Crippen MR) is 74.9 cm³/mol. The van der Waals surface area contributed by atoms with Crippen LogP contribution in [0.25, 0.3) is 0 Å². The number of morpholine rings is 1. The van der Waals surface area contributed by atoms with Gasteiger partial charge in [-0.3, -0.25) is 0 Å². The third-order valence-electron chi connectivity index (χ3n) is 2.85. The van der Waals surface area contributed by atoms with E-state index in [0.717, 1.165) is 42.9 Å². The lowest BCUT2D eigenvalue weighted by Gasteiger charge is -2.26. The third-order valence-corrected chi connectivity index (χ3v) is 3.60. The Morgan fingerprint density at radius 1 is 1.17 bits per heavy atom. The Morgan fingerprint density at radius 3 is 2.72 bits per heavy atom. The minimum absolute atomic E-state index is 0.791. The first-order valence-electron chi connectivity index (χ1n) is 6.02. The number of rotatable bonds is 3. The van der Waals surface area contributed by atoms with E-state index < -0.39 is 0 Å². The highest BCUT2D eigenvalue weighted by molar-refractivity contribution is 7.14. The molecule has 1 aromatic heterocycles. The first-order chi connectivity index (χ1) is 8.92. The quantitative estimate of drug-likeness (QED) is 0.922. The molecule has 0 saturated carbocycles. The van der Waals surface area contributed by atoms with Gasteiger partial charge in [0.05, 0.1) is 13.2 Å². The lowest BCUT2D eigenvalue weighted by Crippen LogP contribution is -2.36. The van der Waals surface area contributed by atoms with Gasteiger partial charge in [-0.1, -0.05) is 18.2 Å². The third kappa shape index (κ3) is 2.63. The zero-order valence-electron chi connectivity index (χ0n) is 10.0. The second kappa shape index (κ2) is 5.37. The molecule has 94 valence electrons. The summed E-state index contributed by atoms with van der Waals surface area (Å²) in [5.41, 5.74) is 1.07. The fourth-order valence-corrected chi connectivity index (χ4v) is 2.65. The molecule has 1 fully saturated rings. The maximum absolute atomic E-state index is 5.34. The summed E-state index contributed by atoms with van der Waals surface area (Å²) in [7, 11) is 0. The second-order valence-corrected chi connectivity index (χ2v) is 4.96. The summed E-state index contributed by atoms with van der Waals surface area (Å²) in [5.74, 6) is 1.04. The lowest BCUT2D eigenvalue weighted by molar-refractivity contribution is 0.122. The van der Waals surface area contributed by atoms with Crippen molar-refractivity contribution in [3.63, 3.8) is 0 Å². The summed E-state index contributed by atoms with van der Waals surface area (Å²) < 4.78 is 5.34. The van der Waals surface area contributed by atoms with Gasteiger partial charge in [-0.25, -0.2) is 4.98 Å². The van der Waals surface area contributed by atoms with Crippen molar-refractivity contribution in [3.05, 3.63) is 35.7 Å². The molecule has 0 bridgehead atoms. The molecule has 0 radical (unpaired) electrons. The number of nitrogens with one attached hydrogen (secondary N) is 1. The molecule has 2 heterocycles. The van der Waals surface area contributed by atoms with Gasteiger partial charge < -0.3 is 15.0 Å². The fraction of sp³-hybridized carbons (Fsp3) is 0.308. The van der Waals surface area contributed by atoms with Crippen LogP contribution in [-0.2, 0) is 4.74 Å². The molecule has 0 aliphatic carbocycles. The van der Waals surface area contributed by atoms with Gasteiger partial charge in [0.1, 0.15) is 5.82 Å². The molecule has 1 aliphatic heterocycles. The number of thiazole rings is 1. The fourth-order valence-electron chi connectivity index (χ4n) is 1.91. The Kier molecular flexibility index (Phi) is 3.43. The summed E-state index contributed by atoms with van der Waals surface area (Å²) in [6.07, 6.45) is 0. The van der Waals surface area contributed by atoms with Crippen molar-refractivity contribution in [2.45, 2.75) is 0 Å². The van der Waals surface area contributed by atoms with Gasteiger partial charge in [-0.05, 0) is 12.1 Å². The average Bonchev–Trinajstić information content (AvgIpc) is 2.89. The Balaban J connectivity index is 1.69. The molecular formula is C13H15N3OS. The van der Waals surface area contributed by atoms with Gasteiger partial charge >= 0.3 is 0 Å². The van der Waals surface area contributed by atoms with Crippen LogP contribution < -0.4 is 10.2 Å². The normalized spacial score (nSPS) is 15.7. The molecule has 18 heavy (non-hydrogen) atoms. The lowest BCUT2D eigenvalue weighted by atomic mass is 10.3. The number of hydrogen-bond acceptors (Lipinski definition) is 5. The molecule has 5 heteroatoms. The van der Waals surface area contributed by atoms with E-state index in [4.69, 9.17) is 4.74 Å². The van der Waals surface area contributed by atoms with Gasteiger partial charge in [0.25, 0.3) is 0 Å². The zero-order chi connectivity index (χ0) is 12.2. The Labute approximate surface area is 110 Å². The van der Waals surface area contributed by atoms with Crippen LogP contribution in [0.3, 0.4) is 0 Å². The highest BCUT2D eigenvalue weighted by Gasteiger charge is 2.14. The predicted octanol–water partition coefficient (Wildman–Crippen LogP) is 2.72. The van der Waals surface area contributed by atoms with Crippen LogP contribution in [0, 0.1) is 0 Å². The summed E-state index contributed by atoms with van der Waals surface area (Å²) in [6.45, 7) is 3.43. The first kappa shape index (κ1) is 11.5. The van der Waals surface area contributed by atoms with Crippen molar-refractivity contribution < 1.29 is 4.74 Å². The monoisotopic (exact) mass is 261 g/mol. The largest absolute Gasteiger partial charge is 0.378 e. The van der Waals surface area contributed by atoms with E-state index in [1.54, 1.807) is 11.3 Å². The van der Waals surface area contributed by atoms with Crippen molar-refractivity contribution >= 4 is 28.0 Å². The molecule has 1 aromatic carbocycles.